The minimum absolute atomic E-state index is 0.197. The van der Waals surface area contributed by atoms with Crippen LogP contribution in [0.25, 0.3) is 0 Å². The lowest BCUT2D eigenvalue weighted by molar-refractivity contribution is 0.102. The number of rotatable bonds is 6. The Bertz CT molecular complexity index is 1270. The van der Waals surface area contributed by atoms with E-state index < -0.39 is 17.7 Å². The number of aryl methyl sites for hydroxylation is 3. The van der Waals surface area contributed by atoms with Crippen LogP contribution >= 0.6 is 0 Å². The fraction of sp³-hybridized carbons (Fsp3) is 0.100. The molecule has 0 heterocycles. The van der Waals surface area contributed by atoms with Crippen molar-refractivity contribution < 1.29 is 14.4 Å². The summed E-state index contributed by atoms with van der Waals surface area (Å²) >= 11 is 0. The van der Waals surface area contributed by atoms with Crippen molar-refractivity contribution in [1.82, 2.24) is 0 Å². The number of carbonyl (C=O) groups is 3. The van der Waals surface area contributed by atoms with Crippen molar-refractivity contribution in [3.63, 3.8) is 0 Å². The average molecular weight is 478 g/mol. The molecule has 0 aliphatic carbocycles. The summed E-state index contributed by atoms with van der Waals surface area (Å²) in [5, 5.41) is 8.53. The standard InChI is InChI=1S/C30H27N3O3/c1-19-7-4-10-25(13-19)31-28(34)22-16-23(29(35)32-26-11-5-8-20(2)14-26)18-24(17-22)30(36)33-27-12-6-9-21(3)15-27/h4-18H,1-3H3,(H,31,34)(H,32,35)(H,33,36). The number of carbonyl (C=O) groups excluding carboxylic acids is 3. The summed E-state index contributed by atoms with van der Waals surface area (Å²) in [7, 11) is 0. The summed E-state index contributed by atoms with van der Waals surface area (Å²) in [6.45, 7) is 5.79. The van der Waals surface area contributed by atoms with Crippen molar-refractivity contribution in [1.29, 1.82) is 0 Å². The summed E-state index contributed by atoms with van der Waals surface area (Å²) in [6, 6.07) is 26.7. The molecule has 180 valence electrons. The Morgan fingerprint density at radius 1 is 0.444 bits per heavy atom. The second kappa shape index (κ2) is 10.7. The van der Waals surface area contributed by atoms with Gasteiger partial charge in [0.1, 0.15) is 0 Å². The normalized spacial score (nSPS) is 10.4. The van der Waals surface area contributed by atoms with Crippen molar-refractivity contribution in [3.05, 3.63) is 124 Å². The summed E-state index contributed by atoms with van der Waals surface area (Å²) in [5.41, 5.74) is 5.46. The van der Waals surface area contributed by atoms with Gasteiger partial charge in [-0.3, -0.25) is 14.4 Å². The Hall–Kier alpha value is -4.71. The van der Waals surface area contributed by atoms with Gasteiger partial charge >= 0.3 is 0 Å². The van der Waals surface area contributed by atoms with Gasteiger partial charge in [-0.1, -0.05) is 36.4 Å². The molecule has 0 aromatic heterocycles. The number of nitrogens with one attached hydrogen (secondary N) is 3. The Morgan fingerprint density at radius 3 is 0.972 bits per heavy atom. The zero-order chi connectivity index (χ0) is 25.7. The molecule has 0 atom stereocenters. The van der Waals surface area contributed by atoms with Gasteiger partial charge in [0.25, 0.3) is 17.7 Å². The molecular weight excluding hydrogens is 450 g/mol. The van der Waals surface area contributed by atoms with Crippen LogP contribution in [-0.4, -0.2) is 17.7 Å². The third kappa shape index (κ3) is 6.24. The van der Waals surface area contributed by atoms with Gasteiger partial charge in [0.2, 0.25) is 0 Å². The highest BCUT2D eigenvalue weighted by molar-refractivity contribution is 6.12. The molecule has 6 heteroatoms. The second-order valence-corrected chi connectivity index (χ2v) is 8.77. The van der Waals surface area contributed by atoms with Crippen molar-refractivity contribution >= 4 is 34.8 Å². The van der Waals surface area contributed by atoms with E-state index in [9.17, 15) is 14.4 Å². The lowest BCUT2D eigenvalue weighted by atomic mass is 10.0. The highest BCUT2D eigenvalue weighted by atomic mass is 16.2. The molecule has 0 radical (unpaired) electrons. The third-order valence-electron chi connectivity index (χ3n) is 5.55. The predicted octanol–water partition coefficient (Wildman–Crippen LogP) is 6.37. The first-order valence-corrected chi connectivity index (χ1v) is 11.6. The molecule has 36 heavy (non-hydrogen) atoms. The van der Waals surface area contributed by atoms with E-state index in [1.165, 1.54) is 18.2 Å². The topological polar surface area (TPSA) is 87.3 Å². The third-order valence-corrected chi connectivity index (χ3v) is 5.55. The number of hydrogen-bond acceptors (Lipinski definition) is 3. The maximum atomic E-state index is 13.1. The fourth-order valence-electron chi connectivity index (χ4n) is 3.80. The maximum Gasteiger partial charge on any atom is 0.255 e. The van der Waals surface area contributed by atoms with E-state index in [0.717, 1.165) is 16.7 Å². The van der Waals surface area contributed by atoms with Crippen LogP contribution in [0.2, 0.25) is 0 Å². The predicted molar refractivity (Wildman–Crippen MR) is 144 cm³/mol. The molecule has 3 amide bonds. The molecule has 4 aromatic carbocycles. The van der Waals surface area contributed by atoms with E-state index in [1.54, 1.807) is 18.2 Å². The van der Waals surface area contributed by atoms with Gasteiger partial charge in [0, 0.05) is 33.8 Å². The van der Waals surface area contributed by atoms with Gasteiger partial charge in [0.05, 0.1) is 0 Å². The van der Waals surface area contributed by atoms with Crippen molar-refractivity contribution in [2.75, 3.05) is 16.0 Å². The highest BCUT2D eigenvalue weighted by Crippen LogP contribution is 2.19. The smallest absolute Gasteiger partial charge is 0.255 e. The molecule has 0 bridgehead atoms. The fourth-order valence-corrected chi connectivity index (χ4v) is 3.80. The van der Waals surface area contributed by atoms with Gasteiger partial charge < -0.3 is 16.0 Å². The molecule has 0 fully saturated rings. The lowest BCUT2D eigenvalue weighted by Crippen LogP contribution is -2.19. The van der Waals surface area contributed by atoms with Crippen LogP contribution in [0.4, 0.5) is 17.1 Å². The molecule has 0 unspecified atom stereocenters. The Balaban J connectivity index is 1.66. The van der Waals surface area contributed by atoms with Crippen LogP contribution in [-0.2, 0) is 0 Å². The molecule has 0 spiro atoms. The monoisotopic (exact) mass is 477 g/mol. The highest BCUT2D eigenvalue weighted by Gasteiger charge is 2.17. The van der Waals surface area contributed by atoms with E-state index in [4.69, 9.17) is 0 Å². The maximum absolute atomic E-state index is 13.1. The first-order valence-electron chi connectivity index (χ1n) is 11.6. The minimum Gasteiger partial charge on any atom is -0.322 e. The largest absolute Gasteiger partial charge is 0.322 e. The molecule has 0 aliphatic rings. The van der Waals surface area contributed by atoms with E-state index in [-0.39, 0.29) is 16.7 Å². The molecule has 4 rings (SSSR count). The van der Waals surface area contributed by atoms with Gasteiger partial charge in [-0.05, 0) is 92.1 Å². The number of hydrogen-bond donors (Lipinski definition) is 3. The van der Waals surface area contributed by atoms with Crippen LogP contribution in [0.3, 0.4) is 0 Å². The summed E-state index contributed by atoms with van der Waals surface area (Å²) in [4.78, 5) is 39.3. The van der Waals surface area contributed by atoms with Gasteiger partial charge in [-0.2, -0.15) is 0 Å². The van der Waals surface area contributed by atoms with E-state index >= 15 is 0 Å². The second-order valence-electron chi connectivity index (χ2n) is 8.77. The lowest BCUT2D eigenvalue weighted by Gasteiger charge is -2.12. The van der Waals surface area contributed by atoms with Crippen LogP contribution in [0, 0.1) is 20.8 Å². The van der Waals surface area contributed by atoms with Gasteiger partial charge in [0.15, 0.2) is 0 Å². The van der Waals surface area contributed by atoms with Crippen LogP contribution in [0.5, 0.6) is 0 Å². The molecule has 0 aliphatic heterocycles. The molecule has 3 N–H and O–H groups in total. The Morgan fingerprint density at radius 2 is 0.722 bits per heavy atom. The first-order chi connectivity index (χ1) is 17.3. The molecule has 6 nitrogen and oxygen atoms in total. The summed E-state index contributed by atoms with van der Waals surface area (Å²) in [6.07, 6.45) is 0. The molecular formula is C30H27N3O3. The van der Waals surface area contributed by atoms with Crippen molar-refractivity contribution in [2.24, 2.45) is 0 Å². The number of anilines is 3. The van der Waals surface area contributed by atoms with Gasteiger partial charge in [-0.25, -0.2) is 0 Å². The van der Waals surface area contributed by atoms with Crippen LogP contribution in [0.1, 0.15) is 47.8 Å². The number of amides is 3. The molecule has 0 saturated carbocycles. The molecule has 4 aromatic rings. The van der Waals surface area contributed by atoms with Gasteiger partial charge in [-0.15, -0.1) is 0 Å². The zero-order valence-corrected chi connectivity index (χ0v) is 20.4. The van der Waals surface area contributed by atoms with E-state index in [2.05, 4.69) is 16.0 Å². The van der Waals surface area contributed by atoms with Crippen LogP contribution in [0.15, 0.2) is 91.0 Å². The average Bonchev–Trinajstić information content (AvgIpc) is 2.84. The van der Waals surface area contributed by atoms with Crippen molar-refractivity contribution in [3.8, 4) is 0 Å². The SMILES string of the molecule is Cc1cccc(NC(=O)c2cc(C(=O)Nc3cccc(C)c3)cc(C(=O)Nc3cccc(C)c3)c2)c1. The Kier molecular flexibility index (Phi) is 7.25. The van der Waals surface area contributed by atoms with E-state index in [1.807, 2.05) is 75.4 Å². The van der Waals surface area contributed by atoms with E-state index in [0.29, 0.717) is 17.1 Å². The Labute approximate surface area is 210 Å². The zero-order valence-electron chi connectivity index (χ0n) is 20.4. The quantitative estimate of drug-likeness (QED) is 0.302. The van der Waals surface area contributed by atoms with Crippen LogP contribution < -0.4 is 16.0 Å². The summed E-state index contributed by atoms with van der Waals surface area (Å²) in [5.74, 6) is -1.26. The number of benzene rings is 4. The molecule has 0 saturated heterocycles. The summed E-state index contributed by atoms with van der Waals surface area (Å²) < 4.78 is 0. The van der Waals surface area contributed by atoms with Crippen molar-refractivity contribution in [2.45, 2.75) is 20.8 Å². The minimum atomic E-state index is -0.421. The first kappa shape index (κ1) is 24.4.